The molecule has 0 aliphatic heterocycles. The predicted molar refractivity (Wildman–Crippen MR) is 58.9 cm³/mol. The van der Waals surface area contributed by atoms with Crippen LogP contribution in [0.4, 0.5) is 19.0 Å². The van der Waals surface area contributed by atoms with Gasteiger partial charge in [0.2, 0.25) is 0 Å². The van der Waals surface area contributed by atoms with Gasteiger partial charge in [0.1, 0.15) is 5.82 Å². The summed E-state index contributed by atoms with van der Waals surface area (Å²) in [7, 11) is 0. The molecule has 1 aromatic heterocycles. The minimum atomic E-state index is -4.43. The van der Waals surface area contributed by atoms with E-state index in [0.717, 1.165) is 6.07 Å². The molecule has 0 unspecified atom stereocenters. The zero-order chi connectivity index (χ0) is 11.9. The Morgan fingerprint density at radius 2 is 1.88 bits per heavy atom. The zero-order valence-corrected chi connectivity index (χ0v) is 9.43. The molecule has 0 atom stereocenters. The van der Waals surface area contributed by atoms with Gasteiger partial charge in [-0.2, -0.15) is 13.2 Å². The highest BCUT2D eigenvalue weighted by atomic mass is 79.9. The maximum Gasteiger partial charge on any atom is 0.417 e. The molecule has 0 fully saturated rings. The third kappa shape index (κ3) is 1.97. The highest BCUT2D eigenvalue weighted by Gasteiger charge is 2.33. The first-order valence-electron chi connectivity index (χ1n) is 4.31. The van der Waals surface area contributed by atoms with E-state index in [1.54, 1.807) is 6.07 Å². The molecule has 0 spiro atoms. The van der Waals surface area contributed by atoms with Crippen molar-refractivity contribution in [1.82, 2.24) is 4.98 Å². The number of nitrogens with two attached hydrogens (primary N) is 1. The Morgan fingerprint density at radius 1 is 1.19 bits per heavy atom. The number of nitrogen functional groups attached to an aromatic ring is 1. The van der Waals surface area contributed by atoms with Gasteiger partial charge in [0.05, 0.1) is 11.1 Å². The predicted octanol–water partition coefficient (Wildman–Crippen LogP) is 3.60. The first kappa shape index (κ1) is 11.2. The maximum absolute atomic E-state index is 12.7. The highest BCUT2D eigenvalue weighted by Crippen LogP contribution is 2.36. The van der Waals surface area contributed by atoms with Crippen LogP contribution in [-0.2, 0) is 6.18 Å². The van der Waals surface area contributed by atoms with Crippen LogP contribution >= 0.6 is 15.9 Å². The van der Waals surface area contributed by atoms with Crippen LogP contribution in [0.3, 0.4) is 0 Å². The van der Waals surface area contributed by atoms with E-state index in [-0.39, 0.29) is 16.7 Å². The van der Waals surface area contributed by atoms with Crippen LogP contribution in [0, 0.1) is 0 Å². The number of pyridine rings is 1. The molecule has 16 heavy (non-hydrogen) atoms. The molecule has 0 saturated heterocycles. The Balaban J connectivity index is 2.85. The first-order valence-corrected chi connectivity index (χ1v) is 5.10. The van der Waals surface area contributed by atoms with Gasteiger partial charge < -0.3 is 5.73 Å². The fourth-order valence-electron chi connectivity index (χ4n) is 1.45. The van der Waals surface area contributed by atoms with Gasteiger partial charge in [-0.25, -0.2) is 4.98 Å². The molecule has 0 amide bonds. The monoisotopic (exact) mass is 290 g/mol. The number of aromatic nitrogens is 1. The molecule has 2 rings (SSSR count). The molecule has 6 heteroatoms. The average molecular weight is 291 g/mol. The number of nitrogens with zero attached hydrogens (tertiary/aromatic N) is 1. The zero-order valence-electron chi connectivity index (χ0n) is 7.85. The van der Waals surface area contributed by atoms with E-state index in [2.05, 4.69) is 20.9 Å². The molecule has 0 aliphatic carbocycles. The van der Waals surface area contributed by atoms with Gasteiger partial charge >= 0.3 is 6.18 Å². The second kappa shape index (κ2) is 3.62. The van der Waals surface area contributed by atoms with Gasteiger partial charge in [-0.1, -0.05) is 15.9 Å². The third-order valence-electron chi connectivity index (χ3n) is 2.10. The number of rotatable bonds is 0. The third-order valence-corrected chi connectivity index (χ3v) is 2.59. The van der Waals surface area contributed by atoms with Crippen LogP contribution in [0.25, 0.3) is 10.9 Å². The summed E-state index contributed by atoms with van der Waals surface area (Å²) in [5.41, 5.74) is 4.80. The number of anilines is 1. The standard InChI is InChI=1S/C10H6BrF3N2/c11-5-1-2-8-6(3-5)7(10(12,13)14)4-9(15)16-8/h1-4H,(H2,15,16). The summed E-state index contributed by atoms with van der Waals surface area (Å²) in [6.45, 7) is 0. The van der Waals surface area contributed by atoms with Crippen LogP contribution in [0.5, 0.6) is 0 Å². The number of halogens is 4. The molecule has 2 N–H and O–H groups in total. The van der Waals surface area contributed by atoms with Crippen LogP contribution in [0.2, 0.25) is 0 Å². The molecule has 2 aromatic rings. The number of hydrogen-bond acceptors (Lipinski definition) is 2. The highest BCUT2D eigenvalue weighted by molar-refractivity contribution is 9.10. The molecule has 84 valence electrons. The Labute approximate surface area is 97.4 Å². The summed E-state index contributed by atoms with van der Waals surface area (Å²) in [4.78, 5) is 3.85. The largest absolute Gasteiger partial charge is 0.417 e. The van der Waals surface area contributed by atoms with Crippen LogP contribution < -0.4 is 5.73 Å². The second-order valence-electron chi connectivity index (χ2n) is 3.25. The summed E-state index contributed by atoms with van der Waals surface area (Å²) < 4.78 is 38.8. The fourth-order valence-corrected chi connectivity index (χ4v) is 1.81. The molecule has 0 saturated carbocycles. The molecule has 0 bridgehead atoms. The molecule has 2 nitrogen and oxygen atoms in total. The number of fused-ring (bicyclic) bond motifs is 1. The molecular weight excluding hydrogens is 285 g/mol. The summed E-state index contributed by atoms with van der Waals surface area (Å²) in [5.74, 6) is -0.137. The summed E-state index contributed by atoms with van der Waals surface area (Å²) in [6, 6.07) is 5.33. The minimum absolute atomic E-state index is 0.0380. The van der Waals surface area contributed by atoms with Crippen molar-refractivity contribution in [3.8, 4) is 0 Å². The lowest BCUT2D eigenvalue weighted by Gasteiger charge is -2.11. The maximum atomic E-state index is 12.7. The normalized spacial score (nSPS) is 12.0. The van der Waals surface area contributed by atoms with E-state index in [0.29, 0.717) is 4.47 Å². The van der Waals surface area contributed by atoms with E-state index < -0.39 is 11.7 Å². The topological polar surface area (TPSA) is 38.9 Å². The van der Waals surface area contributed by atoms with Gasteiger partial charge in [0, 0.05) is 9.86 Å². The molecular formula is C10H6BrF3N2. The van der Waals surface area contributed by atoms with Crippen molar-refractivity contribution in [3.63, 3.8) is 0 Å². The van der Waals surface area contributed by atoms with E-state index in [4.69, 9.17) is 5.73 Å². The van der Waals surface area contributed by atoms with Gasteiger partial charge in [-0.15, -0.1) is 0 Å². The Kier molecular flexibility index (Phi) is 2.53. The Hall–Kier alpha value is -1.30. The number of alkyl halides is 3. The van der Waals surface area contributed by atoms with Crippen molar-refractivity contribution in [2.24, 2.45) is 0 Å². The smallest absolute Gasteiger partial charge is 0.384 e. The Bertz CT molecular complexity index is 551. The number of hydrogen-bond donors (Lipinski definition) is 1. The lowest BCUT2D eigenvalue weighted by molar-refractivity contribution is -0.136. The molecule has 1 heterocycles. The summed E-state index contributed by atoms with van der Waals surface area (Å²) in [5, 5.41) is 0.0380. The van der Waals surface area contributed by atoms with Crippen LogP contribution in [0.1, 0.15) is 5.56 Å². The van der Waals surface area contributed by atoms with E-state index in [9.17, 15) is 13.2 Å². The van der Waals surface area contributed by atoms with Gasteiger partial charge in [0.15, 0.2) is 0 Å². The van der Waals surface area contributed by atoms with Gasteiger partial charge in [0.25, 0.3) is 0 Å². The minimum Gasteiger partial charge on any atom is -0.384 e. The van der Waals surface area contributed by atoms with Crippen molar-refractivity contribution in [1.29, 1.82) is 0 Å². The van der Waals surface area contributed by atoms with Crippen molar-refractivity contribution in [2.75, 3.05) is 5.73 Å². The average Bonchev–Trinajstić information content (AvgIpc) is 2.16. The van der Waals surface area contributed by atoms with Crippen LogP contribution in [0.15, 0.2) is 28.7 Å². The van der Waals surface area contributed by atoms with Crippen molar-refractivity contribution >= 4 is 32.7 Å². The van der Waals surface area contributed by atoms with Crippen LogP contribution in [-0.4, -0.2) is 4.98 Å². The lowest BCUT2D eigenvalue weighted by atomic mass is 10.1. The first-order chi connectivity index (χ1) is 7.38. The quantitative estimate of drug-likeness (QED) is 0.805. The van der Waals surface area contributed by atoms with E-state index >= 15 is 0 Å². The SMILES string of the molecule is Nc1cc(C(F)(F)F)c2cc(Br)ccc2n1. The molecule has 1 aromatic carbocycles. The van der Waals surface area contributed by atoms with Crippen molar-refractivity contribution < 1.29 is 13.2 Å². The fraction of sp³-hybridized carbons (Fsp3) is 0.100. The molecule has 0 aliphatic rings. The summed E-state index contributed by atoms with van der Waals surface area (Å²) in [6.07, 6.45) is -4.43. The van der Waals surface area contributed by atoms with Crippen molar-refractivity contribution in [2.45, 2.75) is 6.18 Å². The lowest BCUT2D eigenvalue weighted by Crippen LogP contribution is -2.07. The molecule has 0 radical (unpaired) electrons. The Morgan fingerprint density at radius 3 is 2.50 bits per heavy atom. The van der Waals surface area contributed by atoms with Gasteiger partial charge in [-0.05, 0) is 24.3 Å². The van der Waals surface area contributed by atoms with Gasteiger partial charge in [-0.3, -0.25) is 0 Å². The second-order valence-corrected chi connectivity index (χ2v) is 4.17. The van der Waals surface area contributed by atoms with Crippen molar-refractivity contribution in [3.05, 3.63) is 34.3 Å². The summed E-state index contributed by atoms with van der Waals surface area (Å²) >= 11 is 3.13. The van der Waals surface area contributed by atoms with E-state index in [1.807, 2.05) is 0 Å². The van der Waals surface area contributed by atoms with E-state index in [1.165, 1.54) is 12.1 Å². The number of benzene rings is 1.